The molecule has 0 amide bonds. The molecule has 0 bridgehead atoms. The number of ether oxygens (including phenoxy) is 3. The van der Waals surface area contributed by atoms with Gasteiger partial charge in [0.1, 0.15) is 17.6 Å². The minimum absolute atomic E-state index is 0.242. The van der Waals surface area contributed by atoms with E-state index < -0.39 is 41.0 Å². The van der Waals surface area contributed by atoms with Crippen molar-refractivity contribution in [2.24, 2.45) is 0 Å². The first-order chi connectivity index (χ1) is 8.21. The van der Waals surface area contributed by atoms with Crippen LogP contribution in [0.1, 0.15) is 20.3 Å². The van der Waals surface area contributed by atoms with Crippen LogP contribution in [0.15, 0.2) is 0 Å². The molecule has 104 valence electrons. The van der Waals surface area contributed by atoms with Crippen LogP contribution in [0.25, 0.3) is 0 Å². The Morgan fingerprint density at radius 1 is 1.39 bits per heavy atom. The van der Waals surface area contributed by atoms with Crippen molar-refractivity contribution in [2.45, 2.75) is 55.3 Å². The van der Waals surface area contributed by atoms with Crippen molar-refractivity contribution in [1.82, 2.24) is 0 Å². The maximum absolute atomic E-state index is 11.6. The zero-order valence-electron chi connectivity index (χ0n) is 10.4. The summed E-state index contributed by atoms with van der Waals surface area (Å²) in [6.07, 6.45) is -2.72. The van der Waals surface area contributed by atoms with E-state index in [9.17, 15) is 15.0 Å². The summed E-state index contributed by atoms with van der Waals surface area (Å²) >= 11 is 6.12. The topological polar surface area (TPSA) is 85.2 Å². The van der Waals surface area contributed by atoms with Gasteiger partial charge in [-0.05, 0) is 13.8 Å². The predicted octanol–water partition coefficient (Wildman–Crippen LogP) is -0.217. The second kappa shape index (κ2) is 4.31. The number of methoxy groups -OCH3 is 1. The van der Waals surface area contributed by atoms with E-state index in [0.29, 0.717) is 0 Å². The molecule has 1 aliphatic heterocycles. The second-order valence-electron chi connectivity index (χ2n) is 5.15. The normalized spacial score (nSPS) is 46.6. The van der Waals surface area contributed by atoms with E-state index in [1.54, 1.807) is 13.8 Å². The van der Waals surface area contributed by atoms with E-state index in [0.717, 1.165) is 7.11 Å². The number of fused-ring (bicyclic) bond motifs is 1. The third-order valence-corrected chi connectivity index (χ3v) is 3.96. The Hall–Kier alpha value is -0.400. The Balaban J connectivity index is 2.29. The van der Waals surface area contributed by atoms with Gasteiger partial charge in [0, 0.05) is 6.42 Å². The lowest BCUT2D eigenvalue weighted by atomic mass is 9.79. The first-order valence-corrected chi connectivity index (χ1v) is 6.13. The summed E-state index contributed by atoms with van der Waals surface area (Å²) in [7, 11) is 1.15. The third-order valence-electron chi connectivity index (χ3n) is 3.35. The van der Waals surface area contributed by atoms with E-state index in [1.807, 2.05) is 0 Å². The van der Waals surface area contributed by atoms with Gasteiger partial charge in [-0.15, -0.1) is 11.6 Å². The monoisotopic (exact) mass is 280 g/mol. The predicted molar refractivity (Wildman–Crippen MR) is 61.1 cm³/mol. The minimum Gasteiger partial charge on any atom is -0.467 e. The fraction of sp³-hybridized carbons (Fsp3) is 0.909. The maximum Gasteiger partial charge on any atom is 0.339 e. The van der Waals surface area contributed by atoms with Crippen LogP contribution in [-0.2, 0) is 19.0 Å². The van der Waals surface area contributed by atoms with Crippen LogP contribution in [0.5, 0.6) is 0 Å². The molecule has 0 unspecified atom stereocenters. The molecule has 2 N–H and O–H groups in total. The summed E-state index contributed by atoms with van der Waals surface area (Å²) in [4.78, 5) is 11.6. The number of hydrogen-bond donors (Lipinski definition) is 2. The largest absolute Gasteiger partial charge is 0.467 e. The zero-order valence-corrected chi connectivity index (χ0v) is 11.2. The highest BCUT2D eigenvalue weighted by molar-refractivity contribution is 6.23. The molecule has 0 aromatic rings. The molecule has 0 radical (unpaired) electrons. The van der Waals surface area contributed by atoms with Crippen molar-refractivity contribution < 1.29 is 29.2 Å². The zero-order chi connectivity index (χ0) is 13.7. The number of esters is 1. The van der Waals surface area contributed by atoms with Crippen molar-refractivity contribution in [3.05, 3.63) is 0 Å². The second-order valence-corrected chi connectivity index (χ2v) is 5.62. The van der Waals surface area contributed by atoms with Crippen molar-refractivity contribution in [2.75, 3.05) is 7.11 Å². The summed E-state index contributed by atoms with van der Waals surface area (Å²) in [5.41, 5.74) is -1.97. The lowest BCUT2D eigenvalue weighted by Crippen LogP contribution is -2.63. The Kier molecular flexibility index (Phi) is 3.36. The van der Waals surface area contributed by atoms with Gasteiger partial charge in [0.2, 0.25) is 0 Å². The molecule has 0 spiro atoms. The van der Waals surface area contributed by atoms with E-state index in [-0.39, 0.29) is 6.42 Å². The lowest BCUT2D eigenvalue weighted by molar-refractivity contribution is -0.177. The Labute approximate surface area is 110 Å². The smallest absolute Gasteiger partial charge is 0.339 e. The number of halogens is 1. The minimum atomic E-state index is -1.97. The number of carbonyl (C=O) groups excluding carboxylic acids is 1. The Morgan fingerprint density at radius 3 is 2.50 bits per heavy atom. The quantitative estimate of drug-likeness (QED) is 0.510. The van der Waals surface area contributed by atoms with Crippen molar-refractivity contribution in [1.29, 1.82) is 0 Å². The number of carbonyl (C=O) groups is 1. The fourth-order valence-corrected chi connectivity index (χ4v) is 2.91. The molecule has 2 rings (SSSR count). The van der Waals surface area contributed by atoms with Gasteiger partial charge in [-0.3, -0.25) is 0 Å². The first kappa shape index (κ1) is 14.0. The van der Waals surface area contributed by atoms with Gasteiger partial charge in [-0.2, -0.15) is 0 Å². The molecule has 0 aromatic heterocycles. The number of aliphatic hydroxyl groups is 2. The van der Waals surface area contributed by atoms with Gasteiger partial charge in [-0.1, -0.05) is 0 Å². The molecule has 1 aliphatic carbocycles. The van der Waals surface area contributed by atoms with Gasteiger partial charge >= 0.3 is 5.97 Å². The van der Waals surface area contributed by atoms with E-state index in [2.05, 4.69) is 4.74 Å². The van der Waals surface area contributed by atoms with Crippen LogP contribution >= 0.6 is 11.6 Å². The van der Waals surface area contributed by atoms with Crippen molar-refractivity contribution >= 4 is 17.6 Å². The summed E-state index contributed by atoms with van der Waals surface area (Å²) in [5.74, 6) is -1.79. The molecular weight excluding hydrogens is 264 g/mol. The first-order valence-electron chi connectivity index (χ1n) is 5.70. The maximum atomic E-state index is 11.6. The number of alkyl halides is 1. The molecule has 1 saturated heterocycles. The summed E-state index contributed by atoms with van der Waals surface area (Å²) < 4.78 is 15.6. The van der Waals surface area contributed by atoms with Crippen LogP contribution < -0.4 is 0 Å². The molecular formula is C11H17ClO6. The molecule has 7 heteroatoms. The number of hydrogen-bond acceptors (Lipinski definition) is 6. The number of rotatable bonds is 1. The van der Waals surface area contributed by atoms with Crippen molar-refractivity contribution in [3.8, 4) is 0 Å². The SMILES string of the molecule is COC(=O)[C@@]1(O)C[C@@H](O)[C@@H]2OC(C)(C)O[C@@H]2[C@@H]1Cl. The standard InChI is InChI=1S/C11H17ClO6/c1-10(2)17-6-5(13)4-11(15,9(14)16-3)8(12)7(6)18-10/h5-8,13,15H,4H2,1-3H3/t5-,6+,7+,8+,11-/m1/s1. The molecule has 1 saturated carbocycles. The highest BCUT2D eigenvalue weighted by atomic mass is 35.5. The molecule has 18 heavy (non-hydrogen) atoms. The van der Waals surface area contributed by atoms with Crippen LogP contribution in [-0.4, -0.2) is 58.4 Å². The average Bonchev–Trinajstić information content (AvgIpc) is 2.61. The molecule has 5 atom stereocenters. The molecule has 2 fully saturated rings. The third kappa shape index (κ3) is 2.02. The summed E-state index contributed by atoms with van der Waals surface area (Å²) in [5, 5.41) is 19.2. The van der Waals surface area contributed by atoms with Crippen LogP contribution in [0, 0.1) is 0 Å². The van der Waals surface area contributed by atoms with Crippen LogP contribution in [0.2, 0.25) is 0 Å². The Morgan fingerprint density at radius 2 is 1.94 bits per heavy atom. The van der Waals surface area contributed by atoms with Crippen LogP contribution in [0.4, 0.5) is 0 Å². The van der Waals surface area contributed by atoms with Crippen molar-refractivity contribution in [3.63, 3.8) is 0 Å². The van der Waals surface area contributed by atoms with Gasteiger partial charge in [-0.25, -0.2) is 4.79 Å². The summed E-state index contributed by atoms with van der Waals surface area (Å²) in [6.45, 7) is 3.36. The highest BCUT2D eigenvalue weighted by Gasteiger charge is 2.62. The highest BCUT2D eigenvalue weighted by Crippen LogP contribution is 2.43. The van der Waals surface area contributed by atoms with Gasteiger partial charge in [0.25, 0.3) is 0 Å². The lowest BCUT2D eigenvalue weighted by Gasteiger charge is -2.41. The fourth-order valence-electron chi connectivity index (χ4n) is 2.53. The van der Waals surface area contributed by atoms with E-state index >= 15 is 0 Å². The molecule has 6 nitrogen and oxygen atoms in total. The molecule has 0 aromatic carbocycles. The van der Waals surface area contributed by atoms with Gasteiger partial charge in [0.05, 0.1) is 13.2 Å². The molecule has 1 heterocycles. The van der Waals surface area contributed by atoms with E-state index in [4.69, 9.17) is 21.1 Å². The van der Waals surface area contributed by atoms with Gasteiger partial charge < -0.3 is 24.4 Å². The van der Waals surface area contributed by atoms with Gasteiger partial charge in [0.15, 0.2) is 11.4 Å². The Bertz CT molecular complexity index is 359. The van der Waals surface area contributed by atoms with Crippen LogP contribution in [0.3, 0.4) is 0 Å². The summed E-state index contributed by atoms with van der Waals surface area (Å²) in [6, 6.07) is 0. The number of aliphatic hydroxyl groups excluding tert-OH is 1. The average molecular weight is 281 g/mol. The van der Waals surface area contributed by atoms with E-state index in [1.165, 1.54) is 0 Å². The molecule has 2 aliphatic rings.